The van der Waals surface area contributed by atoms with Crippen LogP contribution >= 0.6 is 11.8 Å². The number of thioether (sulfide) groups is 1. The molecule has 1 N–H and O–H groups in total. The number of para-hydroxylation sites is 1. The number of aryl methyl sites for hydroxylation is 1. The number of anilines is 1. The number of rotatable bonds is 5. The Labute approximate surface area is 160 Å². The van der Waals surface area contributed by atoms with Gasteiger partial charge < -0.3 is 10.1 Å². The van der Waals surface area contributed by atoms with Crippen LogP contribution in [-0.2, 0) is 4.79 Å². The van der Waals surface area contributed by atoms with Crippen LogP contribution in [-0.4, -0.2) is 33.4 Å². The number of nitrogens with one attached hydrogen (secondary N) is 1. The number of carbonyl (C=O) groups is 1. The van der Waals surface area contributed by atoms with Gasteiger partial charge in [-0.05, 0) is 42.8 Å². The Balaban J connectivity index is 1.64. The summed E-state index contributed by atoms with van der Waals surface area (Å²) in [6, 6.07) is 17.3. The maximum atomic E-state index is 12.3. The number of carbonyl (C=O) groups excluding carboxylic acids is 1. The van der Waals surface area contributed by atoms with E-state index >= 15 is 0 Å². The van der Waals surface area contributed by atoms with Crippen molar-refractivity contribution in [3.63, 3.8) is 0 Å². The molecule has 0 saturated carbocycles. The average Bonchev–Trinajstić information content (AvgIpc) is 3.09. The Morgan fingerprint density at radius 3 is 2.74 bits per heavy atom. The van der Waals surface area contributed by atoms with Gasteiger partial charge in [-0.2, -0.15) is 0 Å². The lowest BCUT2D eigenvalue weighted by molar-refractivity contribution is -0.113. The molecule has 2 aromatic heterocycles. The van der Waals surface area contributed by atoms with E-state index in [4.69, 9.17) is 4.74 Å². The van der Waals surface area contributed by atoms with Gasteiger partial charge in [-0.25, -0.2) is 0 Å². The molecule has 6 nitrogen and oxygen atoms in total. The van der Waals surface area contributed by atoms with Crippen LogP contribution in [0.2, 0.25) is 0 Å². The molecule has 1 amide bonds. The molecule has 0 aliphatic heterocycles. The van der Waals surface area contributed by atoms with Crippen molar-refractivity contribution >= 4 is 39.9 Å². The first kappa shape index (κ1) is 17.4. The van der Waals surface area contributed by atoms with E-state index in [1.807, 2.05) is 65.9 Å². The summed E-state index contributed by atoms with van der Waals surface area (Å²) >= 11 is 1.35. The predicted molar refractivity (Wildman–Crippen MR) is 108 cm³/mol. The molecule has 0 atom stereocenters. The molecule has 136 valence electrons. The number of benzene rings is 2. The van der Waals surface area contributed by atoms with Gasteiger partial charge in [-0.1, -0.05) is 30.0 Å². The van der Waals surface area contributed by atoms with Gasteiger partial charge in [-0.15, -0.1) is 10.2 Å². The molecule has 0 bridgehead atoms. The third-order valence-electron chi connectivity index (χ3n) is 4.26. The molecule has 0 unspecified atom stereocenters. The third kappa shape index (κ3) is 3.46. The molecule has 2 aromatic carbocycles. The van der Waals surface area contributed by atoms with Gasteiger partial charge in [0.15, 0.2) is 10.8 Å². The Morgan fingerprint density at radius 2 is 1.96 bits per heavy atom. The van der Waals surface area contributed by atoms with E-state index in [0.29, 0.717) is 5.16 Å². The highest BCUT2D eigenvalue weighted by molar-refractivity contribution is 7.99. The highest BCUT2D eigenvalue weighted by Crippen LogP contribution is 2.28. The van der Waals surface area contributed by atoms with Crippen LogP contribution in [0.1, 0.15) is 5.56 Å². The van der Waals surface area contributed by atoms with Gasteiger partial charge in [0.2, 0.25) is 5.91 Å². The molecule has 0 aliphatic rings. The largest absolute Gasteiger partial charge is 0.497 e. The van der Waals surface area contributed by atoms with Crippen molar-refractivity contribution in [2.75, 3.05) is 18.2 Å². The summed E-state index contributed by atoms with van der Waals surface area (Å²) in [6.07, 6.45) is 0. The number of ether oxygens (including phenoxy) is 1. The van der Waals surface area contributed by atoms with Crippen molar-refractivity contribution in [3.05, 3.63) is 60.2 Å². The lowest BCUT2D eigenvalue weighted by Crippen LogP contribution is -2.14. The van der Waals surface area contributed by atoms with Crippen molar-refractivity contribution in [3.8, 4) is 5.75 Å². The zero-order chi connectivity index (χ0) is 18.8. The summed E-state index contributed by atoms with van der Waals surface area (Å²) in [6.45, 7) is 2.05. The van der Waals surface area contributed by atoms with E-state index < -0.39 is 0 Å². The molecule has 0 saturated heterocycles. The molecule has 4 rings (SSSR count). The SMILES string of the molecule is COc1ccc2c(C)cc3nnc(SCC(=O)Nc4ccccc4)n3c2c1. The van der Waals surface area contributed by atoms with Crippen molar-refractivity contribution in [2.45, 2.75) is 12.1 Å². The number of methoxy groups -OCH3 is 1. The normalized spacial score (nSPS) is 11.0. The van der Waals surface area contributed by atoms with Crippen LogP contribution in [0.15, 0.2) is 59.8 Å². The van der Waals surface area contributed by atoms with Crippen molar-refractivity contribution in [2.24, 2.45) is 0 Å². The summed E-state index contributed by atoms with van der Waals surface area (Å²) in [5.41, 5.74) is 3.60. The highest BCUT2D eigenvalue weighted by Gasteiger charge is 2.14. The lowest BCUT2D eigenvalue weighted by Gasteiger charge is -2.09. The fourth-order valence-electron chi connectivity index (χ4n) is 2.97. The van der Waals surface area contributed by atoms with Gasteiger partial charge in [0.05, 0.1) is 18.4 Å². The molecule has 2 heterocycles. The third-order valence-corrected chi connectivity index (χ3v) is 5.19. The van der Waals surface area contributed by atoms with E-state index in [1.54, 1.807) is 7.11 Å². The Bertz CT molecular complexity index is 1130. The summed E-state index contributed by atoms with van der Waals surface area (Å²) in [4.78, 5) is 12.3. The van der Waals surface area contributed by atoms with Crippen molar-refractivity contribution in [1.29, 1.82) is 0 Å². The predicted octanol–water partition coefficient (Wildman–Crippen LogP) is 3.93. The summed E-state index contributed by atoms with van der Waals surface area (Å²) in [5.74, 6) is 0.924. The molecule has 0 radical (unpaired) electrons. The van der Waals surface area contributed by atoms with Gasteiger partial charge in [-0.3, -0.25) is 9.20 Å². The number of fused-ring (bicyclic) bond motifs is 3. The lowest BCUT2D eigenvalue weighted by atomic mass is 10.1. The smallest absolute Gasteiger partial charge is 0.234 e. The minimum absolute atomic E-state index is 0.0862. The number of nitrogens with zero attached hydrogens (tertiary/aromatic N) is 3. The second kappa shape index (κ2) is 7.28. The van der Waals surface area contributed by atoms with E-state index in [0.717, 1.165) is 33.6 Å². The molecule has 0 spiro atoms. The fraction of sp³-hybridized carbons (Fsp3) is 0.150. The zero-order valence-electron chi connectivity index (χ0n) is 15.0. The first-order valence-electron chi connectivity index (χ1n) is 8.46. The van der Waals surface area contributed by atoms with E-state index in [-0.39, 0.29) is 11.7 Å². The Morgan fingerprint density at radius 1 is 1.15 bits per heavy atom. The summed E-state index contributed by atoms with van der Waals surface area (Å²) < 4.78 is 7.33. The molecular formula is C20H18N4O2S. The van der Waals surface area contributed by atoms with E-state index in [1.165, 1.54) is 11.8 Å². The van der Waals surface area contributed by atoms with Gasteiger partial charge >= 0.3 is 0 Å². The molecule has 7 heteroatoms. The Kier molecular flexibility index (Phi) is 4.68. The minimum atomic E-state index is -0.0862. The number of hydrogen-bond donors (Lipinski definition) is 1. The van der Waals surface area contributed by atoms with Crippen LogP contribution < -0.4 is 10.1 Å². The molecule has 0 aliphatic carbocycles. The number of aromatic nitrogens is 3. The first-order valence-corrected chi connectivity index (χ1v) is 9.44. The minimum Gasteiger partial charge on any atom is -0.497 e. The maximum Gasteiger partial charge on any atom is 0.234 e. The molecular weight excluding hydrogens is 360 g/mol. The molecule has 0 fully saturated rings. The Hall–Kier alpha value is -3.06. The quantitative estimate of drug-likeness (QED) is 0.533. The first-order chi connectivity index (χ1) is 13.2. The zero-order valence-corrected chi connectivity index (χ0v) is 15.8. The standard InChI is InChI=1S/C20H18N4O2S/c1-13-10-18-22-23-20(24(18)17-11-15(26-2)8-9-16(13)17)27-12-19(25)21-14-6-4-3-5-7-14/h3-11H,12H2,1-2H3,(H,21,25). The maximum absolute atomic E-state index is 12.3. The number of pyridine rings is 1. The fourth-order valence-corrected chi connectivity index (χ4v) is 3.72. The average molecular weight is 378 g/mol. The van der Waals surface area contributed by atoms with Gasteiger partial charge in [0.25, 0.3) is 0 Å². The van der Waals surface area contributed by atoms with Crippen molar-refractivity contribution < 1.29 is 9.53 Å². The van der Waals surface area contributed by atoms with Crippen LogP contribution in [0, 0.1) is 6.92 Å². The van der Waals surface area contributed by atoms with E-state index in [2.05, 4.69) is 15.5 Å². The summed E-state index contributed by atoms with van der Waals surface area (Å²) in [5, 5.41) is 13.2. The van der Waals surface area contributed by atoms with Crippen molar-refractivity contribution in [1.82, 2.24) is 14.6 Å². The molecule has 4 aromatic rings. The summed E-state index contributed by atoms with van der Waals surface area (Å²) in [7, 11) is 1.64. The van der Waals surface area contributed by atoms with Crippen LogP contribution in [0.4, 0.5) is 5.69 Å². The van der Waals surface area contributed by atoms with Gasteiger partial charge in [0.1, 0.15) is 5.75 Å². The van der Waals surface area contributed by atoms with E-state index in [9.17, 15) is 4.79 Å². The number of amides is 1. The molecule has 27 heavy (non-hydrogen) atoms. The van der Waals surface area contributed by atoms with Gasteiger partial charge in [0, 0.05) is 17.1 Å². The highest BCUT2D eigenvalue weighted by atomic mass is 32.2. The van der Waals surface area contributed by atoms with Crippen LogP contribution in [0.5, 0.6) is 5.75 Å². The second-order valence-electron chi connectivity index (χ2n) is 6.09. The van der Waals surface area contributed by atoms with Crippen LogP contribution in [0.3, 0.4) is 0 Å². The second-order valence-corrected chi connectivity index (χ2v) is 7.03. The van der Waals surface area contributed by atoms with Crippen LogP contribution in [0.25, 0.3) is 16.6 Å². The monoisotopic (exact) mass is 378 g/mol. The number of hydrogen-bond acceptors (Lipinski definition) is 5. The topological polar surface area (TPSA) is 68.5 Å².